The molecule has 1 aromatic carbocycles. The highest BCUT2D eigenvalue weighted by Crippen LogP contribution is 2.19. The minimum absolute atomic E-state index is 0.290. The molecule has 0 aromatic heterocycles. The summed E-state index contributed by atoms with van der Waals surface area (Å²) < 4.78 is 1.01. The molecule has 0 aliphatic heterocycles. The smallest absolute Gasteiger partial charge is 0.116 e. The molecule has 1 aromatic rings. The number of phenols is 1. The van der Waals surface area contributed by atoms with E-state index >= 15 is 0 Å². The van der Waals surface area contributed by atoms with Gasteiger partial charge in [-0.15, -0.1) is 11.6 Å². The van der Waals surface area contributed by atoms with Crippen LogP contribution >= 0.6 is 34.2 Å². The van der Waals surface area contributed by atoms with E-state index in [0.29, 0.717) is 11.6 Å². The van der Waals surface area contributed by atoms with Gasteiger partial charge in [0, 0.05) is 9.45 Å². The van der Waals surface area contributed by atoms with Gasteiger partial charge in [-0.2, -0.15) is 0 Å². The van der Waals surface area contributed by atoms with Gasteiger partial charge >= 0.3 is 0 Å². The zero-order chi connectivity index (χ0) is 7.56. The normalized spacial score (nSPS) is 9.80. The Kier molecular flexibility index (Phi) is 2.80. The SMILES string of the molecule is Oc1ccc(CCl)c(I)c1. The van der Waals surface area contributed by atoms with E-state index in [2.05, 4.69) is 22.6 Å². The number of benzene rings is 1. The third-order valence-electron chi connectivity index (χ3n) is 1.18. The van der Waals surface area contributed by atoms with Crippen LogP contribution in [0.2, 0.25) is 0 Å². The van der Waals surface area contributed by atoms with Crippen molar-refractivity contribution < 1.29 is 5.11 Å². The summed E-state index contributed by atoms with van der Waals surface area (Å²) in [7, 11) is 0. The van der Waals surface area contributed by atoms with Crippen molar-refractivity contribution in [1.29, 1.82) is 0 Å². The van der Waals surface area contributed by atoms with Gasteiger partial charge in [-0.1, -0.05) is 6.07 Å². The molecule has 10 heavy (non-hydrogen) atoms. The van der Waals surface area contributed by atoms with E-state index in [1.165, 1.54) is 0 Å². The zero-order valence-corrected chi connectivity index (χ0v) is 8.06. The Labute approximate surface area is 78.2 Å². The van der Waals surface area contributed by atoms with E-state index in [0.717, 1.165) is 9.13 Å². The van der Waals surface area contributed by atoms with Gasteiger partial charge in [0.25, 0.3) is 0 Å². The number of halogens is 2. The van der Waals surface area contributed by atoms with Gasteiger partial charge < -0.3 is 5.11 Å². The minimum Gasteiger partial charge on any atom is -0.508 e. The third kappa shape index (κ3) is 1.76. The van der Waals surface area contributed by atoms with Gasteiger partial charge in [0.05, 0.1) is 0 Å². The molecule has 3 heteroatoms. The number of alkyl halides is 1. The van der Waals surface area contributed by atoms with E-state index < -0.39 is 0 Å². The molecule has 1 N–H and O–H groups in total. The van der Waals surface area contributed by atoms with Crippen LogP contribution in [0.3, 0.4) is 0 Å². The van der Waals surface area contributed by atoms with Crippen LogP contribution in [0, 0.1) is 3.57 Å². The molecular weight excluding hydrogens is 262 g/mol. The highest BCUT2D eigenvalue weighted by Gasteiger charge is 1.97. The number of hydrogen-bond donors (Lipinski definition) is 1. The van der Waals surface area contributed by atoms with Crippen molar-refractivity contribution in [2.75, 3.05) is 0 Å². The monoisotopic (exact) mass is 268 g/mol. The maximum atomic E-state index is 8.99. The lowest BCUT2D eigenvalue weighted by molar-refractivity contribution is 0.474. The molecule has 0 heterocycles. The highest BCUT2D eigenvalue weighted by atomic mass is 127. The molecule has 0 atom stereocenters. The maximum absolute atomic E-state index is 8.99. The van der Waals surface area contributed by atoms with Crippen LogP contribution < -0.4 is 0 Å². The average molecular weight is 268 g/mol. The molecule has 0 aliphatic carbocycles. The lowest BCUT2D eigenvalue weighted by atomic mass is 10.2. The standard InChI is InChI=1S/C7H6ClIO/c8-4-5-1-2-6(10)3-7(5)9/h1-3,10H,4H2. The molecule has 0 radical (unpaired) electrons. The van der Waals surface area contributed by atoms with Crippen LogP contribution in [-0.2, 0) is 5.88 Å². The topological polar surface area (TPSA) is 20.2 Å². The summed E-state index contributed by atoms with van der Waals surface area (Å²) in [6.07, 6.45) is 0. The first-order chi connectivity index (χ1) is 4.74. The second-order valence-electron chi connectivity index (χ2n) is 1.91. The van der Waals surface area contributed by atoms with E-state index in [4.69, 9.17) is 16.7 Å². The van der Waals surface area contributed by atoms with Crippen molar-refractivity contribution in [3.05, 3.63) is 27.3 Å². The van der Waals surface area contributed by atoms with Crippen molar-refractivity contribution in [3.63, 3.8) is 0 Å². The van der Waals surface area contributed by atoms with Crippen molar-refractivity contribution >= 4 is 34.2 Å². The highest BCUT2D eigenvalue weighted by molar-refractivity contribution is 14.1. The zero-order valence-electron chi connectivity index (χ0n) is 5.14. The first kappa shape index (κ1) is 8.14. The Morgan fingerprint density at radius 2 is 2.20 bits per heavy atom. The van der Waals surface area contributed by atoms with Crippen LogP contribution in [0.1, 0.15) is 5.56 Å². The summed E-state index contributed by atoms with van der Waals surface area (Å²) in [5.41, 5.74) is 1.06. The van der Waals surface area contributed by atoms with Crippen LogP contribution in [0.4, 0.5) is 0 Å². The van der Waals surface area contributed by atoms with Crippen molar-refractivity contribution in [3.8, 4) is 5.75 Å². The molecule has 0 spiro atoms. The Hall–Kier alpha value is 0.0400. The van der Waals surface area contributed by atoms with E-state index in [9.17, 15) is 0 Å². The molecule has 0 fully saturated rings. The van der Waals surface area contributed by atoms with Crippen LogP contribution in [0.15, 0.2) is 18.2 Å². The molecule has 0 unspecified atom stereocenters. The quantitative estimate of drug-likeness (QED) is 0.613. The molecule has 0 bridgehead atoms. The third-order valence-corrected chi connectivity index (χ3v) is 2.47. The number of rotatable bonds is 1. The van der Waals surface area contributed by atoms with Gasteiger partial charge in [-0.3, -0.25) is 0 Å². The largest absolute Gasteiger partial charge is 0.508 e. The Bertz CT molecular complexity index is 237. The second kappa shape index (κ2) is 3.44. The van der Waals surface area contributed by atoms with Crippen LogP contribution in [0.5, 0.6) is 5.75 Å². The predicted molar refractivity (Wildman–Crippen MR) is 50.4 cm³/mol. The average Bonchev–Trinajstić information content (AvgIpc) is 1.88. The first-order valence-electron chi connectivity index (χ1n) is 2.77. The summed E-state index contributed by atoms with van der Waals surface area (Å²) in [4.78, 5) is 0. The molecule has 1 rings (SSSR count). The Morgan fingerprint density at radius 1 is 1.50 bits per heavy atom. The van der Waals surface area contributed by atoms with E-state index in [1.54, 1.807) is 12.1 Å². The minimum atomic E-state index is 0.290. The summed E-state index contributed by atoms with van der Waals surface area (Å²) in [6.45, 7) is 0. The number of aromatic hydroxyl groups is 1. The Morgan fingerprint density at radius 3 is 2.70 bits per heavy atom. The molecule has 0 saturated carbocycles. The first-order valence-corrected chi connectivity index (χ1v) is 4.38. The second-order valence-corrected chi connectivity index (χ2v) is 3.34. The Balaban J connectivity index is 3.07. The molecule has 54 valence electrons. The summed E-state index contributed by atoms with van der Waals surface area (Å²) in [5, 5.41) is 8.99. The van der Waals surface area contributed by atoms with Gasteiger partial charge in [-0.25, -0.2) is 0 Å². The lowest BCUT2D eigenvalue weighted by Gasteiger charge is -1.98. The maximum Gasteiger partial charge on any atom is 0.116 e. The van der Waals surface area contributed by atoms with Crippen LogP contribution in [0.25, 0.3) is 0 Å². The fraction of sp³-hybridized carbons (Fsp3) is 0.143. The van der Waals surface area contributed by atoms with Gasteiger partial charge in [0.1, 0.15) is 5.75 Å². The number of phenolic OH excluding ortho intramolecular Hbond substituents is 1. The molecule has 0 saturated heterocycles. The van der Waals surface area contributed by atoms with Gasteiger partial charge in [0.2, 0.25) is 0 Å². The molecule has 0 amide bonds. The van der Waals surface area contributed by atoms with Crippen molar-refractivity contribution in [2.24, 2.45) is 0 Å². The van der Waals surface area contributed by atoms with Crippen molar-refractivity contribution in [2.45, 2.75) is 5.88 Å². The van der Waals surface area contributed by atoms with Crippen LogP contribution in [-0.4, -0.2) is 5.11 Å². The number of hydrogen-bond acceptors (Lipinski definition) is 1. The van der Waals surface area contributed by atoms with Crippen molar-refractivity contribution in [1.82, 2.24) is 0 Å². The van der Waals surface area contributed by atoms with E-state index in [-0.39, 0.29) is 0 Å². The summed E-state index contributed by atoms with van der Waals surface area (Å²) in [6, 6.07) is 5.16. The van der Waals surface area contributed by atoms with Gasteiger partial charge in [0.15, 0.2) is 0 Å². The predicted octanol–water partition coefficient (Wildman–Crippen LogP) is 2.74. The fourth-order valence-corrected chi connectivity index (χ4v) is 1.79. The molecular formula is C7H6ClIO. The summed E-state index contributed by atoms with van der Waals surface area (Å²) >= 11 is 7.74. The summed E-state index contributed by atoms with van der Waals surface area (Å²) in [5.74, 6) is 0.789. The lowest BCUT2D eigenvalue weighted by Crippen LogP contribution is -1.81. The molecule has 0 aliphatic rings. The van der Waals surface area contributed by atoms with E-state index in [1.807, 2.05) is 6.07 Å². The van der Waals surface area contributed by atoms with Gasteiger partial charge in [-0.05, 0) is 40.3 Å². The fourth-order valence-electron chi connectivity index (χ4n) is 0.645. The molecule has 1 nitrogen and oxygen atoms in total.